The molecular weight excluding hydrogens is 278 g/mol. The molecule has 1 amide bonds. The first kappa shape index (κ1) is 15.1. The van der Waals surface area contributed by atoms with Crippen LogP contribution < -0.4 is 10.6 Å². The second kappa shape index (κ2) is 6.94. The largest absolute Gasteiger partial charge is 0.320 e. The second-order valence-electron chi connectivity index (χ2n) is 4.55. The van der Waals surface area contributed by atoms with Crippen LogP contribution in [0.3, 0.4) is 0 Å². The van der Waals surface area contributed by atoms with E-state index in [9.17, 15) is 13.6 Å². The van der Waals surface area contributed by atoms with Crippen LogP contribution in [-0.2, 0) is 18.3 Å². The Morgan fingerprint density at radius 3 is 2.62 bits per heavy atom. The zero-order valence-electron chi connectivity index (χ0n) is 11.6. The zero-order chi connectivity index (χ0) is 15.2. The molecule has 0 fully saturated rings. The first-order valence-corrected chi connectivity index (χ1v) is 6.49. The molecule has 21 heavy (non-hydrogen) atoms. The van der Waals surface area contributed by atoms with Gasteiger partial charge in [0.25, 0.3) is 0 Å². The van der Waals surface area contributed by atoms with Gasteiger partial charge in [0.1, 0.15) is 17.3 Å². The van der Waals surface area contributed by atoms with E-state index in [4.69, 9.17) is 0 Å². The topological polar surface area (TPSA) is 59.0 Å². The van der Waals surface area contributed by atoms with E-state index in [1.807, 2.05) is 19.3 Å². The summed E-state index contributed by atoms with van der Waals surface area (Å²) in [6, 6.07) is 5.31. The number of aromatic nitrogens is 2. The Kier molecular flexibility index (Phi) is 4.99. The van der Waals surface area contributed by atoms with Crippen molar-refractivity contribution in [2.75, 3.05) is 18.4 Å². The molecule has 1 aromatic carbocycles. The van der Waals surface area contributed by atoms with Crippen molar-refractivity contribution in [2.24, 2.45) is 7.05 Å². The maximum atomic E-state index is 13.3. The maximum Gasteiger partial charge on any atom is 0.238 e. The van der Waals surface area contributed by atoms with Gasteiger partial charge >= 0.3 is 0 Å². The highest BCUT2D eigenvalue weighted by Gasteiger charge is 2.11. The Labute approximate surface area is 121 Å². The predicted molar refractivity (Wildman–Crippen MR) is 74.8 cm³/mol. The molecule has 0 saturated carbocycles. The number of para-hydroxylation sites is 1. The molecule has 5 nitrogen and oxygen atoms in total. The number of hydrogen-bond acceptors (Lipinski definition) is 3. The number of carbonyl (C=O) groups is 1. The van der Waals surface area contributed by atoms with Gasteiger partial charge in [-0.25, -0.2) is 8.78 Å². The minimum Gasteiger partial charge on any atom is -0.320 e. The molecule has 0 spiro atoms. The molecule has 1 heterocycles. The standard InChI is InChI=1S/C14H16F2N4O/c1-20-8-6-10(19-20)5-7-17-9-13(21)18-14-11(15)3-2-4-12(14)16/h2-4,6,8,17H,5,7,9H2,1H3,(H,18,21). The lowest BCUT2D eigenvalue weighted by Gasteiger charge is -2.08. The van der Waals surface area contributed by atoms with Gasteiger partial charge in [-0.05, 0) is 18.2 Å². The Morgan fingerprint density at radius 2 is 2.00 bits per heavy atom. The van der Waals surface area contributed by atoms with Crippen LogP contribution in [0.25, 0.3) is 0 Å². The number of aryl methyl sites for hydroxylation is 1. The van der Waals surface area contributed by atoms with Gasteiger partial charge < -0.3 is 10.6 Å². The summed E-state index contributed by atoms with van der Waals surface area (Å²) in [4.78, 5) is 11.6. The van der Waals surface area contributed by atoms with Crippen molar-refractivity contribution in [3.8, 4) is 0 Å². The van der Waals surface area contributed by atoms with Crippen LogP contribution in [0.2, 0.25) is 0 Å². The van der Waals surface area contributed by atoms with Crippen molar-refractivity contribution in [1.82, 2.24) is 15.1 Å². The molecule has 0 aliphatic rings. The van der Waals surface area contributed by atoms with Crippen molar-refractivity contribution >= 4 is 11.6 Å². The highest BCUT2D eigenvalue weighted by Crippen LogP contribution is 2.17. The van der Waals surface area contributed by atoms with Crippen molar-refractivity contribution in [2.45, 2.75) is 6.42 Å². The number of halogens is 2. The van der Waals surface area contributed by atoms with Crippen LogP contribution in [0.5, 0.6) is 0 Å². The Hall–Kier alpha value is -2.28. The lowest BCUT2D eigenvalue weighted by molar-refractivity contribution is -0.115. The van der Waals surface area contributed by atoms with Crippen molar-refractivity contribution in [1.29, 1.82) is 0 Å². The molecule has 0 radical (unpaired) electrons. The van der Waals surface area contributed by atoms with E-state index >= 15 is 0 Å². The average molecular weight is 294 g/mol. The van der Waals surface area contributed by atoms with E-state index in [-0.39, 0.29) is 6.54 Å². The summed E-state index contributed by atoms with van der Waals surface area (Å²) in [5, 5.41) is 9.30. The molecule has 2 rings (SSSR count). The predicted octanol–water partition coefficient (Wildman–Crippen LogP) is 1.47. The Balaban J connectivity index is 1.75. The number of anilines is 1. The van der Waals surface area contributed by atoms with E-state index in [2.05, 4.69) is 15.7 Å². The minimum absolute atomic E-state index is 0.0272. The third-order valence-corrected chi connectivity index (χ3v) is 2.84. The highest BCUT2D eigenvalue weighted by atomic mass is 19.1. The smallest absolute Gasteiger partial charge is 0.238 e. The zero-order valence-corrected chi connectivity index (χ0v) is 11.6. The average Bonchev–Trinajstić information content (AvgIpc) is 2.85. The van der Waals surface area contributed by atoms with Gasteiger partial charge in [0.2, 0.25) is 5.91 Å². The van der Waals surface area contributed by atoms with Gasteiger partial charge in [0.15, 0.2) is 0 Å². The molecule has 0 unspecified atom stereocenters. The lowest BCUT2D eigenvalue weighted by atomic mass is 10.3. The fraction of sp³-hybridized carbons (Fsp3) is 0.286. The molecule has 7 heteroatoms. The van der Waals surface area contributed by atoms with Gasteiger partial charge in [-0.15, -0.1) is 0 Å². The normalized spacial score (nSPS) is 10.6. The highest BCUT2D eigenvalue weighted by molar-refractivity contribution is 5.92. The Morgan fingerprint density at radius 1 is 1.29 bits per heavy atom. The fourth-order valence-electron chi connectivity index (χ4n) is 1.82. The first-order valence-electron chi connectivity index (χ1n) is 6.49. The number of benzene rings is 1. The third kappa shape index (κ3) is 4.35. The summed E-state index contributed by atoms with van der Waals surface area (Å²) < 4.78 is 28.4. The van der Waals surface area contributed by atoms with Gasteiger partial charge in [-0.3, -0.25) is 9.48 Å². The van der Waals surface area contributed by atoms with E-state index < -0.39 is 23.2 Å². The first-order chi connectivity index (χ1) is 10.1. The number of rotatable bonds is 6. The van der Waals surface area contributed by atoms with E-state index in [1.165, 1.54) is 6.07 Å². The molecule has 0 aliphatic heterocycles. The molecule has 0 saturated heterocycles. The van der Waals surface area contributed by atoms with Crippen LogP contribution in [0.15, 0.2) is 30.5 Å². The Bertz CT molecular complexity index is 607. The number of hydrogen-bond donors (Lipinski definition) is 2. The van der Waals surface area contributed by atoms with Crippen LogP contribution in [-0.4, -0.2) is 28.8 Å². The summed E-state index contributed by atoms with van der Waals surface area (Å²) in [6.45, 7) is 0.519. The lowest BCUT2D eigenvalue weighted by Crippen LogP contribution is -2.30. The monoisotopic (exact) mass is 294 g/mol. The van der Waals surface area contributed by atoms with Crippen molar-refractivity contribution in [3.63, 3.8) is 0 Å². The summed E-state index contributed by atoms with van der Waals surface area (Å²) in [6.07, 6.45) is 2.51. The summed E-state index contributed by atoms with van der Waals surface area (Å²) in [5.41, 5.74) is 0.486. The summed E-state index contributed by atoms with van der Waals surface area (Å²) in [5.74, 6) is -2.09. The van der Waals surface area contributed by atoms with Crippen molar-refractivity contribution in [3.05, 3.63) is 47.8 Å². The van der Waals surface area contributed by atoms with E-state index in [1.54, 1.807) is 4.68 Å². The fourth-order valence-corrected chi connectivity index (χ4v) is 1.82. The molecule has 1 aromatic heterocycles. The quantitative estimate of drug-likeness (QED) is 0.793. The number of amides is 1. The molecular formula is C14H16F2N4O. The van der Waals surface area contributed by atoms with Crippen LogP contribution in [0.1, 0.15) is 5.69 Å². The molecule has 0 aliphatic carbocycles. The SMILES string of the molecule is Cn1ccc(CCNCC(=O)Nc2c(F)cccc2F)n1. The molecule has 0 bridgehead atoms. The number of carbonyl (C=O) groups excluding carboxylic acids is 1. The third-order valence-electron chi connectivity index (χ3n) is 2.84. The molecule has 112 valence electrons. The summed E-state index contributed by atoms with van der Waals surface area (Å²) in [7, 11) is 1.83. The van der Waals surface area contributed by atoms with Crippen LogP contribution in [0.4, 0.5) is 14.5 Å². The van der Waals surface area contributed by atoms with Crippen LogP contribution in [0, 0.1) is 11.6 Å². The number of nitrogens with zero attached hydrogens (tertiary/aromatic N) is 2. The van der Waals surface area contributed by atoms with Crippen molar-refractivity contribution < 1.29 is 13.6 Å². The maximum absolute atomic E-state index is 13.3. The molecule has 0 atom stereocenters. The number of nitrogens with one attached hydrogen (secondary N) is 2. The van der Waals surface area contributed by atoms with Gasteiger partial charge in [0, 0.05) is 26.2 Å². The van der Waals surface area contributed by atoms with Gasteiger partial charge in [-0.1, -0.05) is 6.07 Å². The molecule has 2 N–H and O–H groups in total. The minimum atomic E-state index is -0.795. The summed E-state index contributed by atoms with van der Waals surface area (Å²) >= 11 is 0. The van der Waals surface area contributed by atoms with E-state index in [0.29, 0.717) is 13.0 Å². The van der Waals surface area contributed by atoms with Gasteiger partial charge in [-0.2, -0.15) is 5.10 Å². The second-order valence-corrected chi connectivity index (χ2v) is 4.55. The van der Waals surface area contributed by atoms with E-state index in [0.717, 1.165) is 17.8 Å². The van der Waals surface area contributed by atoms with Gasteiger partial charge in [0.05, 0.1) is 12.2 Å². The molecule has 2 aromatic rings. The van der Waals surface area contributed by atoms with Crippen LogP contribution >= 0.6 is 0 Å².